The molecular weight excluding hydrogens is 396 g/mol. The van der Waals surface area contributed by atoms with E-state index in [1.165, 1.54) is 0 Å². The van der Waals surface area contributed by atoms with Gasteiger partial charge in [-0.25, -0.2) is 0 Å². The number of rotatable bonds is 9. The van der Waals surface area contributed by atoms with E-state index in [9.17, 15) is 34.5 Å². The van der Waals surface area contributed by atoms with E-state index in [1.807, 2.05) is 4.90 Å². The van der Waals surface area contributed by atoms with Crippen LogP contribution in [0.15, 0.2) is 0 Å². The van der Waals surface area contributed by atoms with Crippen molar-refractivity contribution in [1.82, 2.24) is 19.6 Å². The molecule has 1 rings (SSSR count). The molecule has 1 aliphatic heterocycles. The average Bonchev–Trinajstić information content (AvgIpc) is 2.62. The van der Waals surface area contributed by atoms with Crippen molar-refractivity contribution in [2.24, 2.45) is 5.92 Å². The van der Waals surface area contributed by atoms with Gasteiger partial charge in [0.05, 0.1) is 24.5 Å². The van der Waals surface area contributed by atoms with E-state index in [2.05, 4.69) is 0 Å². The number of carbonyl (C=O) groups excluding carboxylic acids is 4. The number of nitrogens with zero attached hydrogens (tertiary/aromatic N) is 4. The number of aliphatic carboxylic acids is 3. The lowest BCUT2D eigenvalue weighted by atomic mass is 10.1. The van der Waals surface area contributed by atoms with Gasteiger partial charge in [-0.2, -0.15) is 0 Å². The molecule has 30 heavy (non-hydrogen) atoms. The number of Topliss-reactive ketones (excluding diaryl/α,β-unsaturated/α-hetero) is 1. The van der Waals surface area contributed by atoms with Crippen LogP contribution in [0.4, 0.5) is 0 Å². The first-order valence-corrected chi connectivity index (χ1v) is 10.1. The number of carboxylic acid groups (broad SMARTS) is 3. The lowest BCUT2D eigenvalue weighted by molar-refractivity contribution is -0.308. The molecule has 11 nitrogen and oxygen atoms in total. The Bertz CT molecular complexity index is 567. The first kappa shape index (κ1) is 26.0. The van der Waals surface area contributed by atoms with Crippen LogP contribution in [0.25, 0.3) is 0 Å². The van der Waals surface area contributed by atoms with Crippen molar-refractivity contribution in [1.29, 1.82) is 0 Å². The van der Waals surface area contributed by atoms with Crippen LogP contribution in [0.5, 0.6) is 0 Å². The van der Waals surface area contributed by atoms with Crippen molar-refractivity contribution in [3.8, 4) is 0 Å². The van der Waals surface area contributed by atoms with Gasteiger partial charge >= 0.3 is 0 Å². The molecule has 0 atom stereocenters. The zero-order valence-corrected chi connectivity index (χ0v) is 17.7. The van der Waals surface area contributed by atoms with Crippen LogP contribution in [-0.4, -0.2) is 122 Å². The molecule has 0 spiro atoms. The number of hydrogen-bond donors (Lipinski definition) is 0. The van der Waals surface area contributed by atoms with E-state index in [-0.39, 0.29) is 64.1 Å². The Kier molecular flexibility index (Phi) is 11.5. The molecule has 0 aromatic carbocycles. The van der Waals surface area contributed by atoms with Gasteiger partial charge in [0, 0.05) is 77.9 Å². The molecule has 0 aliphatic carbocycles. The lowest BCUT2D eigenvalue weighted by Gasteiger charge is -2.34. The monoisotopic (exact) mass is 427 g/mol. The summed E-state index contributed by atoms with van der Waals surface area (Å²) in [6, 6.07) is 0. The van der Waals surface area contributed by atoms with Gasteiger partial charge in [-0.15, -0.1) is 0 Å². The zero-order chi connectivity index (χ0) is 22.7. The van der Waals surface area contributed by atoms with E-state index in [1.54, 1.807) is 28.5 Å². The van der Waals surface area contributed by atoms with E-state index < -0.39 is 17.9 Å². The summed E-state index contributed by atoms with van der Waals surface area (Å²) in [5, 5.41) is 33.2. The molecule has 0 saturated carbocycles. The molecule has 0 bridgehead atoms. The van der Waals surface area contributed by atoms with Gasteiger partial charge in [-0.05, 0) is 0 Å². The van der Waals surface area contributed by atoms with Gasteiger partial charge in [0.25, 0.3) is 0 Å². The summed E-state index contributed by atoms with van der Waals surface area (Å²) in [7, 11) is 0. The fourth-order valence-electron chi connectivity index (χ4n) is 3.16. The van der Waals surface area contributed by atoms with Crippen molar-refractivity contribution >= 4 is 23.7 Å². The van der Waals surface area contributed by atoms with Crippen molar-refractivity contribution in [3.63, 3.8) is 0 Å². The topological polar surface area (TPSA) is 150 Å². The van der Waals surface area contributed by atoms with E-state index >= 15 is 0 Å². The van der Waals surface area contributed by atoms with Crippen molar-refractivity contribution in [2.75, 3.05) is 78.5 Å². The third-order valence-electron chi connectivity index (χ3n) is 5.01. The highest BCUT2D eigenvalue weighted by Gasteiger charge is 2.19. The Labute approximate surface area is 176 Å². The Morgan fingerprint density at radius 2 is 0.800 bits per heavy atom. The lowest BCUT2D eigenvalue weighted by Crippen LogP contribution is -2.51. The average molecular weight is 427 g/mol. The van der Waals surface area contributed by atoms with Gasteiger partial charge in [0.1, 0.15) is 5.78 Å². The summed E-state index contributed by atoms with van der Waals surface area (Å²) in [4.78, 5) is 52.2. The summed E-state index contributed by atoms with van der Waals surface area (Å²) in [6.07, 6.45) is 0. The van der Waals surface area contributed by atoms with Gasteiger partial charge in [0.15, 0.2) is 0 Å². The molecular formula is C19H31N4O7-3. The van der Waals surface area contributed by atoms with E-state index in [0.29, 0.717) is 26.2 Å². The highest BCUT2D eigenvalue weighted by atomic mass is 16.4. The highest BCUT2D eigenvalue weighted by molar-refractivity contribution is 5.82. The number of carbonyl (C=O) groups is 4. The molecule has 0 unspecified atom stereocenters. The first-order valence-electron chi connectivity index (χ1n) is 10.1. The highest BCUT2D eigenvalue weighted by Crippen LogP contribution is 2.03. The molecule has 0 amide bonds. The maximum atomic E-state index is 12.2. The normalized spacial score (nSPS) is 19.2. The molecule has 0 aromatic rings. The second-order valence-corrected chi connectivity index (χ2v) is 7.84. The van der Waals surface area contributed by atoms with Crippen LogP contribution in [0.2, 0.25) is 0 Å². The summed E-state index contributed by atoms with van der Waals surface area (Å²) in [6.45, 7) is 5.46. The standard InChI is InChI=1S/C19H34N4O7/c1-15(2)16(24)11-20-3-5-21(12-17(25)26)7-9-23(14-19(29)30)10-8-22(6-4-20)13-18(27)28/h15H,3-14H2,1-2H3,(H,25,26)(H,27,28)(H,29,30)/p-3. The second kappa shape index (κ2) is 13.3. The molecule has 1 saturated heterocycles. The molecule has 0 radical (unpaired) electrons. The smallest absolute Gasteiger partial charge is 0.149 e. The predicted octanol–water partition coefficient (Wildman–Crippen LogP) is -5.32. The number of ketones is 1. The minimum absolute atomic E-state index is 0.0418. The summed E-state index contributed by atoms with van der Waals surface area (Å²) >= 11 is 0. The van der Waals surface area contributed by atoms with Crippen LogP contribution < -0.4 is 15.3 Å². The molecule has 1 aliphatic rings. The summed E-state index contributed by atoms with van der Waals surface area (Å²) in [5.74, 6) is -3.85. The van der Waals surface area contributed by atoms with Crippen LogP contribution in [-0.2, 0) is 19.2 Å². The summed E-state index contributed by atoms with van der Waals surface area (Å²) in [5.41, 5.74) is 0. The van der Waals surface area contributed by atoms with E-state index in [0.717, 1.165) is 0 Å². The van der Waals surface area contributed by atoms with Crippen LogP contribution in [0, 0.1) is 5.92 Å². The Morgan fingerprint density at radius 1 is 0.567 bits per heavy atom. The molecule has 172 valence electrons. The number of carboxylic acids is 3. The maximum absolute atomic E-state index is 12.2. The van der Waals surface area contributed by atoms with Crippen LogP contribution >= 0.6 is 0 Å². The molecule has 1 fully saturated rings. The third-order valence-corrected chi connectivity index (χ3v) is 5.01. The SMILES string of the molecule is CC(C)C(=O)CN1CCN(CC(=O)[O-])CCN(CC(=O)[O-])CCN(CC(=O)[O-])CC1. The summed E-state index contributed by atoms with van der Waals surface area (Å²) < 4.78 is 0. The predicted molar refractivity (Wildman–Crippen MR) is 101 cm³/mol. The van der Waals surface area contributed by atoms with Gasteiger partial charge in [-0.3, -0.25) is 24.4 Å². The van der Waals surface area contributed by atoms with Gasteiger partial charge in [0.2, 0.25) is 0 Å². The first-order chi connectivity index (χ1) is 14.1. The largest absolute Gasteiger partial charge is 0.549 e. The molecule has 0 aromatic heterocycles. The van der Waals surface area contributed by atoms with E-state index in [4.69, 9.17) is 0 Å². The van der Waals surface area contributed by atoms with Gasteiger partial charge < -0.3 is 29.7 Å². The Balaban J connectivity index is 2.95. The quantitative estimate of drug-likeness (QED) is 0.347. The minimum atomic E-state index is -1.27. The van der Waals surface area contributed by atoms with Crippen LogP contribution in [0.3, 0.4) is 0 Å². The zero-order valence-electron chi connectivity index (χ0n) is 17.7. The maximum Gasteiger partial charge on any atom is 0.149 e. The second-order valence-electron chi connectivity index (χ2n) is 7.84. The fraction of sp³-hybridized carbons (Fsp3) is 0.789. The molecule has 0 N–H and O–H groups in total. The van der Waals surface area contributed by atoms with Crippen molar-refractivity contribution in [2.45, 2.75) is 13.8 Å². The third kappa shape index (κ3) is 11.2. The van der Waals surface area contributed by atoms with Crippen LogP contribution in [0.1, 0.15) is 13.8 Å². The molecule has 1 heterocycles. The minimum Gasteiger partial charge on any atom is -0.549 e. The Morgan fingerprint density at radius 3 is 1.00 bits per heavy atom. The molecule has 11 heteroatoms. The number of hydrogen-bond acceptors (Lipinski definition) is 11. The van der Waals surface area contributed by atoms with Crippen molar-refractivity contribution in [3.05, 3.63) is 0 Å². The fourth-order valence-corrected chi connectivity index (χ4v) is 3.16. The Hall–Kier alpha value is -2.08. The van der Waals surface area contributed by atoms with Crippen molar-refractivity contribution < 1.29 is 34.5 Å². The van der Waals surface area contributed by atoms with Gasteiger partial charge in [-0.1, -0.05) is 13.8 Å².